The molecular weight excluding hydrogens is 378 g/mol. The lowest BCUT2D eigenvalue weighted by molar-refractivity contribution is -0.138. The minimum Gasteiger partial charge on any atom is -0.493 e. The Morgan fingerprint density at radius 2 is 1.90 bits per heavy atom. The number of fused-ring (bicyclic) bond motifs is 1. The lowest BCUT2D eigenvalue weighted by atomic mass is 9.89. The number of pyridine rings is 1. The van der Waals surface area contributed by atoms with E-state index in [1.165, 1.54) is 37.4 Å². The first-order valence-corrected chi connectivity index (χ1v) is 8.89. The molecule has 1 aromatic heterocycles. The predicted octanol–water partition coefficient (Wildman–Crippen LogP) is 1.41. The van der Waals surface area contributed by atoms with Gasteiger partial charge in [0.1, 0.15) is 5.69 Å². The summed E-state index contributed by atoms with van der Waals surface area (Å²) in [5.41, 5.74) is 7.08. The highest BCUT2D eigenvalue weighted by atomic mass is 16.5. The molecule has 1 unspecified atom stereocenters. The van der Waals surface area contributed by atoms with Crippen molar-refractivity contribution >= 4 is 17.8 Å². The van der Waals surface area contributed by atoms with Crippen molar-refractivity contribution in [1.82, 2.24) is 9.88 Å². The van der Waals surface area contributed by atoms with Crippen LogP contribution in [0.2, 0.25) is 0 Å². The maximum absolute atomic E-state index is 13.1. The summed E-state index contributed by atoms with van der Waals surface area (Å²) < 4.78 is 10.7. The first kappa shape index (κ1) is 20.1. The van der Waals surface area contributed by atoms with Crippen LogP contribution in [-0.4, -0.2) is 53.5 Å². The van der Waals surface area contributed by atoms with Crippen LogP contribution in [0.15, 0.2) is 30.5 Å². The van der Waals surface area contributed by atoms with Crippen LogP contribution in [0.3, 0.4) is 0 Å². The van der Waals surface area contributed by atoms with Gasteiger partial charge in [0.15, 0.2) is 11.5 Å². The van der Waals surface area contributed by atoms with E-state index in [-0.39, 0.29) is 17.7 Å². The average Bonchev–Trinajstić information content (AvgIpc) is 2.72. The summed E-state index contributed by atoms with van der Waals surface area (Å²) in [6.07, 6.45) is 1.48. The third kappa shape index (κ3) is 3.98. The van der Waals surface area contributed by atoms with Crippen LogP contribution >= 0.6 is 0 Å². The Kier molecular flexibility index (Phi) is 5.67. The van der Waals surface area contributed by atoms with Crippen molar-refractivity contribution in [2.75, 3.05) is 20.8 Å². The van der Waals surface area contributed by atoms with Gasteiger partial charge >= 0.3 is 5.97 Å². The van der Waals surface area contributed by atoms with Crippen LogP contribution in [0.4, 0.5) is 0 Å². The first-order valence-electron chi connectivity index (χ1n) is 8.89. The topological polar surface area (TPSA) is 132 Å². The number of carbonyl (C=O) groups is 3. The Bertz CT molecular complexity index is 957. The molecule has 3 rings (SSSR count). The standard InChI is InChI=1S/C20H21N3O6/c1-28-16-7-11-5-6-23(15(9-18(24)25)13(11)8-17(16)29-2)20(27)14-4-3-12(10-22-14)19(21)26/h3-4,7-8,10,15H,5-6,9H2,1-2H3,(H2,21,26)(H,24,25). The third-order valence-electron chi connectivity index (χ3n) is 4.90. The molecule has 2 heterocycles. The molecule has 9 heteroatoms. The molecule has 2 amide bonds. The Hall–Kier alpha value is -3.62. The van der Waals surface area contributed by atoms with Gasteiger partial charge in [-0.25, -0.2) is 0 Å². The second-order valence-electron chi connectivity index (χ2n) is 6.56. The highest BCUT2D eigenvalue weighted by Gasteiger charge is 2.34. The molecule has 152 valence electrons. The van der Waals surface area contributed by atoms with Crippen molar-refractivity contribution in [1.29, 1.82) is 0 Å². The number of primary amides is 1. The largest absolute Gasteiger partial charge is 0.493 e. The molecule has 9 nitrogen and oxygen atoms in total. The molecule has 0 spiro atoms. The van der Waals surface area contributed by atoms with Crippen molar-refractivity contribution in [3.05, 3.63) is 52.8 Å². The Morgan fingerprint density at radius 1 is 1.21 bits per heavy atom. The van der Waals surface area contributed by atoms with Gasteiger partial charge in [-0.1, -0.05) is 0 Å². The lowest BCUT2D eigenvalue weighted by Crippen LogP contribution is -2.41. The Morgan fingerprint density at radius 3 is 2.45 bits per heavy atom. The fourth-order valence-electron chi connectivity index (χ4n) is 3.47. The molecule has 1 aliphatic rings. The van der Waals surface area contributed by atoms with E-state index in [0.29, 0.717) is 30.0 Å². The number of nitrogens with zero attached hydrogens (tertiary/aromatic N) is 2. The van der Waals surface area contributed by atoms with Gasteiger partial charge in [-0.3, -0.25) is 19.4 Å². The van der Waals surface area contributed by atoms with Crippen LogP contribution in [0, 0.1) is 0 Å². The zero-order valence-electron chi connectivity index (χ0n) is 16.0. The Balaban J connectivity index is 2.00. The molecule has 1 aliphatic heterocycles. The van der Waals surface area contributed by atoms with Crippen molar-refractivity contribution in [3.8, 4) is 11.5 Å². The number of carboxylic acid groups (broad SMARTS) is 1. The summed E-state index contributed by atoms with van der Waals surface area (Å²) in [4.78, 5) is 41.3. The lowest BCUT2D eigenvalue weighted by Gasteiger charge is -2.37. The highest BCUT2D eigenvalue weighted by Crippen LogP contribution is 2.39. The summed E-state index contributed by atoms with van der Waals surface area (Å²) in [5.74, 6) is -1.10. The molecule has 29 heavy (non-hydrogen) atoms. The SMILES string of the molecule is COc1cc2c(cc1OC)C(CC(=O)O)N(C(=O)c1ccc(C(N)=O)cn1)CC2. The second kappa shape index (κ2) is 8.17. The number of nitrogens with two attached hydrogens (primary N) is 1. The number of rotatable bonds is 6. The zero-order chi connectivity index (χ0) is 21.1. The summed E-state index contributed by atoms with van der Waals surface area (Å²) in [6.45, 7) is 0.318. The smallest absolute Gasteiger partial charge is 0.305 e. The number of methoxy groups -OCH3 is 2. The van der Waals surface area contributed by atoms with Gasteiger partial charge in [-0.15, -0.1) is 0 Å². The van der Waals surface area contributed by atoms with Crippen LogP contribution in [0.25, 0.3) is 0 Å². The summed E-state index contributed by atoms with van der Waals surface area (Å²) >= 11 is 0. The van der Waals surface area contributed by atoms with E-state index in [1.54, 1.807) is 6.07 Å². The second-order valence-corrected chi connectivity index (χ2v) is 6.56. The number of aromatic nitrogens is 1. The van der Waals surface area contributed by atoms with Gasteiger partial charge in [-0.2, -0.15) is 0 Å². The van der Waals surface area contributed by atoms with Gasteiger partial charge in [0.25, 0.3) is 5.91 Å². The number of ether oxygens (including phenoxy) is 2. The fourth-order valence-corrected chi connectivity index (χ4v) is 3.47. The minimum atomic E-state index is -1.03. The van der Waals surface area contributed by atoms with Crippen molar-refractivity contribution in [2.24, 2.45) is 5.73 Å². The predicted molar refractivity (Wildman–Crippen MR) is 102 cm³/mol. The van der Waals surface area contributed by atoms with Crippen molar-refractivity contribution in [3.63, 3.8) is 0 Å². The van der Waals surface area contributed by atoms with Gasteiger partial charge < -0.3 is 25.2 Å². The number of aliphatic carboxylic acids is 1. The number of carboxylic acids is 1. The minimum absolute atomic E-state index is 0.106. The van der Waals surface area contributed by atoms with Crippen LogP contribution in [-0.2, 0) is 11.2 Å². The van der Waals surface area contributed by atoms with Gasteiger partial charge in [-0.05, 0) is 41.8 Å². The van der Waals surface area contributed by atoms with E-state index in [9.17, 15) is 19.5 Å². The van der Waals surface area contributed by atoms with Gasteiger partial charge in [0, 0.05) is 12.7 Å². The monoisotopic (exact) mass is 399 g/mol. The molecule has 3 N–H and O–H groups in total. The zero-order valence-corrected chi connectivity index (χ0v) is 16.0. The molecule has 0 aliphatic carbocycles. The van der Waals surface area contributed by atoms with E-state index >= 15 is 0 Å². The van der Waals surface area contributed by atoms with E-state index in [4.69, 9.17) is 15.2 Å². The van der Waals surface area contributed by atoms with E-state index in [0.717, 1.165) is 5.56 Å². The molecule has 0 saturated heterocycles. The summed E-state index contributed by atoms with van der Waals surface area (Å²) in [6, 6.07) is 5.65. The molecule has 0 saturated carbocycles. The van der Waals surface area contributed by atoms with E-state index in [2.05, 4.69) is 4.98 Å². The number of hydrogen-bond acceptors (Lipinski definition) is 6. The van der Waals surface area contributed by atoms with E-state index < -0.39 is 23.8 Å². The highest BCUT2D eigenvalue weighted by molar-refractivity contribution is 5.96. The average molecular weight is 399 g/mol. The molecule has 1 atom stereocenters. The fraction of sp³-hybridized carbons (Fsp3) is 0.300. The number of carbonyl (C=O) groups excluding carboxylic acids is 2. The van der Waals surface area contributed by atoms with Gasteiger partial charge in [0.2, 0.25) is 5.91 Å². The molecule has 0 fully saturated rings. The number of benzene rings is 1. The van der Waals surface area contributed by atoms with Crippen LogP contribution in [0.1, 0.15) is 44.4 Å². The summed E-state index contributed by atoms with van der Waals surface area (Å²) in [7, 11) is 3.02. The molecule has 2 aromatic rings. The number of amides is 2. The maximum atomic E-state index is 13.1. The van der Waals surface area contributed by atoms with Gasteiger partial charge in [0.05, 0.1) is 32.2 Å². The normalized spacial score (nSPS) is 15.4. The van der Waals surface area contributed by atoms with Crippen molar-refractivity contribution in [2.45, 2.75) is 18.9 Å². The van der Waals surface area contributed by atoms with E-state index in [1.807, 2.05) is 6.07 Å². The van der Waals surface area contributed by atoms with Crippen LogP contribution in [0.5, 0.6) is 11.5 Å². The first-order chi connectivity index (χ1) is 13.8. The molecule has 0 radical (unpaired) electrons. The molecule has 0 bridgehead atoms. The quantitative estimate of drug-likeness (QED) is 0.750. The number of hydrogen-bond donors (Lipinski definition) is 2. The Labute approximate surface area is 167 Å². The van der Waals surface area contributed by atoms with Crippen molar-refractivity contribution < 1.29 is 29.0 Å². The summed E-state index contributed by atoms with van der Waals surface area (Å²) in [5, 5.41) is 9.43. The molecular formula is C20H21N3O6. The maximum Gasteiger partial charge on any atom is 0.305 e. The van der Waals surface area contributed by atoms with Crippen LogP contribution < -0.4 is 15.2 Å². The molecule has 1 aromatic carbocycles. The third-order valence-corrected chi connectivity index (χ3v) is 4.90.